The Labute approximate surface area is 119 Å². The number of ketones is 1. The lowest BCUT2D eigenvalue weighted by Gasteiger charge is -2.28. The molecule has 2 aliphatic heterocycles. The summed E-state index contributed by atoms with van der Waals surface area (Å²) in [5.74, 6) is -2.42. The highest BCUT2D eigenvalue weighted by atomic mass is 19.4. The summed E-state index contributed by atoms with van der Waals surface area (Å²) in [5, 5.41) is 3.33. The van der Waals surface area contributed by atoms with Crippen molar-refractivity contribution < 1.29 is 22.4 Å². The highest BCUT2D eigenvalue weighted by molar-refractivity contribution is 5.99. The molecule has 1 aromatic rings. The van der Waals surface area contributed by atoms with E-state index in [0.29, 0.717) is 12.8 Å². The third-order valence-electron chi connectivity index (χ3n) is 4.41. The van der Waals surface area contributed by atoms with Crippen molar-refractivity contribution in [2.45, 2.75) is 43.9 Å². The van der Waals surface area contributed by atoms with Crippen LogP contribution in [0.1, 0.15) is 41.6 Å². The molecule has 3 rings (SSSR count). The average molecular weight is 301 g/mol. The topological polar surface area (TPSA) is 29.1 Å². The zero-order valence-electron chi connectivity index (χ0n) is 11.2. The molecule has 2 atom stereocenters. The zero-order valence-corrected chi connectivity index (χ0v) is 11.2. The van der Waals surface area contributed by atoms with Crippen molar-refractivity contribution in [2.24, 2.45) is 5.92 Å². The molecule has 114 valence electrons. The Kier molecular flexibility index (Phi) is 3.51. The molecule has 0 spiro atoms. The Balaban J connectivity index is 1.93. The summed E-state index contributed by atoms with van der Waals surface area (Å²) in [6.45, 7) is 0. The molecule has 2 fully saturated rings. The molecule has 1 N–H and O–H groups in total. The number of Topliss-reactive ketones (excluding diaryl/α,β-unsaturated/α-hetero) is 1. The molecular weight excluding hydrogens is 286 g/mol. The van der Waals surface area contributed by atoms with Gasteiger partial charge in [0.05, 0.1) is 0 Å². The van der Waals surface area contributed by atoms with Gasteiger partial charge in [-0.15, -0.1) is 0 Å². The maximum Gasteiger partial charge on any atom is 0.419 e. The lowest BCUT2D eigenvalue weighted by atomic mass is 9.84. The summed E-state index contributed by atoms with van der Waals surface area (Å²) in [6.07, 6.45) is -1.90. The minimum atomic E-state index is -4.86. The maximum absolute atomic E-state index is 13.6. The maximum atomic E-state index is 13.6. The van der Waals surface area contributed by atoms with Gasteiger partial charge in [0.2, 0.25) is 0 Å². The number of benzene rings is 1. The zero-order chi connectivity index (χ0) is 15.2. The molecule has 0 saturated carbocycles. The summed E-state index contributed by atoms with van der Waals surface area (Å²) < 4.78 is 52.5. The number of nitrogens with one attached hydrogen (secondary N) is 1. The van der Waals surface area contributed by atoms with Gasteiger partial charge in [0.25, 0.3) is 0 Å². The fourth-order valence-electron chi connectivity index (χ4n) is 3.51. The van der Waals surface area contributed by atoms with Crippen LogP contribution in [0.3, 0.4) is 0 Å². The molecule has 0 aliphatic carbocycles. The molecule has 21 heavy (non-hydrogen) atoms. The van der Waals surface area contributed by atoms with Crippen molar-refractivity contribution in [3.63, 3.8) is 0 Å². The third-order valence-corrected chi connectivity index (χ3v) is 4.41. The van der Waals surface area contributed by atoms with E-state index in [1.807, 2.05) is 0 Å². The van der Waals surface area contributed by atoms with Crippen LogP contribution in [0, 0.1) is 11.7 Å². The number of rotatable bonds is 2. The number of piperidine rings is 1. The number of carbonyl (C=O) groups is 1. The van der Waals surface area contributed by atoms with E-state index in [1.165, 1.54) is 0 Å². The molecule has 0 amide bonds. The van der Waals surface area contributed by atoms with Crippen LogP contribution in [0.15, 0.2) is 18.2 Å². The third kappa shape index (κ3) is 2.69. The lowest BCUT2D eigenvalue weighted by Crippen LogP contribution is -2.40. The van der Waals surface area contributed by atoms with E-state index in [4.69, 9.17) is 0 Å². The molecular formula is C15H15F4NO. The first kappa shape index (κ1) is 14.5. The van der Waals surface area contributed by atoms with E-state index in [9.17, 15) is 22.4 Å². The summed E-state index contributed by atoms with van der Waals surface area (Å²) in [5.41, 5.74) is -1.96. The number of halogens is 4. The Morgan fingerprint density at radius 2 is 1.76 bits per heavy atom. The highest BCUT2D eigenvalue weighted by Crippen LogP contribution is 2.38. The van der Waals surface area contributed by atoms with Gasteiger partial charge in [-0.25, -0.2) is 4.39 Å². The first-order valence-corrected chi connectivity index (χ1v) is 7.02. The predicted molar refractivity (Wildman–Crippen MR) is 68.4 cm³/mol. The largest absolute Gasteiger partial charge is 0.419 e. The van der Waals surface area contributed by atoms with Gasteiger partial charge in [-0.1, -0.05) is 12.1 Å². The van der Waals surface area contributed by atoms with E-state index < -0.39 is 34.8 Å². The molecule has 2 bridgehead atoms. The van der Waals surface area contributed by atoms with Crippen LogP contribution in [0.4, 0.5) is 17.6 Å². The second kappa shape index (κ2) is 5.09. The molecule has 0 radical (unpaired) electrons. The minimum Gasteiger partial charge on any atom is -0.311 e. The van der Waals surface area contributed by atoms with Gasteiger partial charge in [-0.3, -0.25) is 4.79 Å². The van der Waals surface area contributed by atoms with Crippen molar-refractivity contribution in [2.75, 3.05) is 0 Å². The fraction of sp³-hybridized carbons (Fsp3) is 0.533. The van der Waals surface area contributed by atoms with Crippen LogP contribution < -0.4 is 5.32 Å². The van der Waals surface area contributed by atoms with E-state index in [2.05, 4.69) is 5.32 Å². The van der Waals surface area contributed by atoms with Gasteiger partial charge in [-0.2, -0.15) is 13.2 Å². The molecule has 6 heteroatoms. The van der Waals surface area contributed by atoms with Crippen molar-refractivity contribution >= 4 is 5.78 Å². The molecule has 1 aromatic carbocycles. The molecule has 0 aromatic heterocycles. The Morgan fingerprint density at radius 1 is 1.14 bits per heavy atom. The number of hydrogen-bond acceptors (Lipinski definition) is 2. The van der Waals surface area contributed by atoms with Gasteiger partial charge in [0.15, 0.2) is 5.78 Å². The molecule has 2 heterocycles. The van der Waals surface area contributed by atoms with Crippen LogP contribution in [-0.2, 0) is 6.18 Å². The second-order valence-electron chi connectivity index (χ2n) is 5.83. The molecule has 2 unspecified atom stereocenters. The van der Waals surface area contributed by atoms with Crippen molar-refractivity contribution in [1.29, 1.82) is 0 Å². The first-order valence-electron chi connectivity index (χ1n) is 7.02. The van der Waals surface area contributed by atoms with Gasteiger partial charge in [0.1, 0.15) is 11.4 Å². The minimum absolute atomic E-state index is 0.195. The highest BCUT2D eigenvalue weighted by Gasteiger charge is 2.42. The van der Waals surface area contributed by atoms with Gasteiger partial charge < -0.3 is 5.32 Å². The van der Waals surface area contributed by atoms with Gasteiger partial charge in [-0.05, 0) is 31.7 Å². The predicted octanol–water partition coefficient (Wildman–Crippen LogP) is 3.56. The molecule has 2 nitrogen and oxygen atoms in total. The smallest absolute Gasteiger partial charge is 0.311 e. The Bertz CT molecular complexity index is 557. The van der Waals surface area contributed by atoms with Crippen LogP contribution in [-0.4, -0.2) is 17.9 Å². The Morgan fingerprint density at radius 3 is 2.33 bits per heavy atom. The van der Waals surface area contributed by atoms with Crippen LogP contribution >= 0.6 is 0 Å². The number of alkyl halides is 3. The van der Waals surface area contributed by atoms with E-state index >= 15 is 0 Å². The summed E-state index contributed by atoms with van der Waals surface area (Å²) in [7, 11) is 0. The van der Waals surface area contributed by atoms with Crippen LogP contribution in [0.5, 0.6) is 0 Å². The Hall–Kier alpha value is -1.43. The lowest BCUT2D eigenvalue weighted by molar-refractivity contribution is -0.140. The van der Waals surface area contributed by atoms with Crippen molar-refractivity contribution in [3.8, 4) is 0 Å². The standard InChI is InChI=1S/C15H15F4NO/c16-12-3-1-2-11(13(12)15(17,18)19)14(21)8-6-9-4-5-10(7-8)20-9/h1-3,8-10,20H,4-7H2. The van der Waals surface area contributed by atoms with Crippen LogP contribution in [0.25, 0.3) is 0 Å². The summed E-state index contributed by atoms with van der Waals surface area (Å²) in [4.78, 5) is 12.4. The van der Waals surface area contributed by atoms with Crippen molar-refractivity contribution in [1.82, 2.24) is 5.32 Å². The monoisotopic (exact) mass is 301 g/mol. The number of carbonyl (C=O) groups excluding carboxylic acids is 1. The summed E-state index contributed by atoms with van der Waals surface area (Å²) >= 11 is 0. The number of hydrogen-bond donors (Lipinski definition) is 1. The summed E-state index contributed by atoms with van der Waals surface area (Å²) in [6, 6.07) is 3.37. The van der Waals surface area contributed by atoms with Gasteiger partial charge in [0, 0.05) is 23.6 Å². The van der Waals surface area contributed by atoms with E-state index in [1.54, 1.807) is 0 Å². The van der Waals surface area contributed by atoms with Crippen LogP contribution in [0.2, 0.25) is 0 Å². The quantitative estimate of drug-likeness (QED) is 0.668. The fourth-order valence-corrected chi connectivity index (χ4v) is 3.51. The second-order valence-corrected chi connectivity index (χ2v) is 5.83. The van der Waals surface area contributed by atoms with Gasteiger partial charge >= 0.3 is 6.18 Å². The number of fused-ring (bicyclic) bond motifs is 2. The molecule has 2 aliphatic rings. The van der Waals surface area contributed by atoms with E-state index in [-0.39, 0.29) is 12.1 Å². The normalized spacial score (nSPS) is 28.7. The van der Waals surface area contributed by atoms with E-state index in [0.717, 1.165) is 31.0 Å². The SMILES string of the molecule is O=C(c1cccc(F)c1C(F)(F)F)C1CC2CCC(C1)N2. The molecule has 2 saturated heterocycles. The average Bonchev–Trinajstić information content (AvgIpc) is 2.75. The van der Waals surface area contributed by atoms with Crippen molar-refractivity contribution in [3.05, 3.63) is 35.1 Å². The first-order chi connectivity index (χ1) is 9.86.